The third-order valence-corrected chi connectivity index (χ3v) is 6.05. The van der Waals surface area contributed by atoms with Crippen LogP contribution in [0.25, 0.3) is 22.2 Å². The van der Waals surface area contributed by atoms with Gasteiger partial charge in [0.25, 0.3) is 0 Å². The maximum atomic E-state index is 12.1. The first-order valence-electron chi connectivity index (χ1n) is 9.15. The summed E-state index contributed by atoms with van der Waals surface area (Å²) in [5.41, 5.74) is 2.89. The lowest BCUT2D eigenvalue weighted by Gasteiger charge is -2.06. The number of thiophene rings is 1. The predicted octanol–water partition coefficient (Wildman–Crippen LogP) is 6.20. The van der Waals surface area contributed by atoms with E-state index in [0.717, 1.165) is 16.1 Å². The molecule has 0 radical (unpaired) electrons. The van der Waals surface area contributed by atoms with Gasteiger partial charge in [-0.05, 0) is 35.2 Å². The van der Waals surface area contributed by atoms with E-state index in [2.05, 4.69) is 11.1 Å². The topological polar surface area (TPSA) is 63.0 Å². The van der Waals surface area contributed by atoms with Crippen molar-refractivity contribution in [3.05, 3.63) is 93.6 Å². The van der Waals surface area contributed by atoms with Crippen molar-refractivity contribution in [2.75, 3.05) is 6.61 Å². The number of hydrogen-bond donors (Lipinski definition) is 0. The monoisotopic (exact) mass is 428 g/mol. The van der Waals surface area contributed by atoms with E-state index in [4.69, 9.17) is 4.74 Å². The van der Waals surface area contributed by atoms with Crippen molar-refractivity contribution >= 4 is 40.1 Å². The highest BCUT2D eigenvalue weighted by molar-refractivity contribution is 7.14. The Morgan fingerprint density at radius 1 is 1.03 bits per heavy atom. The number of ether oxygens (including phenoxy) is 1. The second-order valence-electron chi connectivity index (χ2n) is 6.33. The highest BCUT2D eigenvalue weighted by Crippen LogP contribution is 2.29. The van der Waals surface area contributed by atoms with Gasteiger partial charge in [-0.1, -0.05) is 48.5 Å². The lowest BCUT2D eigenvalue weighted by Crippen LogP contribution is -2.11. The number of hydrogen-bond acceptors (Lipinski definition) is 6. The second-order valence-corrected chi connectivity index (χ2v) is 8.14. The number of carbonyl (C=O) groups is 1. The molecule has 2 heterocycles. The molecule has 0 fully saturated rings. The molecular weight excluding hydrogens is 412 g/mol. The van der Waals surface area contributed by atoms with E-state index in [1.165, 1.54) is 11.3 Å². The number of nitriles is 1. The van der Waals surface area contributed by atoms with Crippen molar-refractivity contribution in [3.63, 3.8) is 0 Å². The third kappa shape index (κ3) is 4.71. The lowest BCUT2D eigenvalue weighted by atomic mass is 10.1. The Morgan fingerprint density at radius 3 is 2.53 bits per heavy atom. The van der Waals surface area contributed by atoms with Gasteiger partial charge in [-0.2, -0.15) is 5.26 Å². The summed E-state index contributed by atoms with van der Waals surface area (Å²) in [4.78, 5) is 17.8. The van der Waals surface area contributed by atoms with E-state index in [9.17, 15) is 10.1 Å². The molecule has 0 N–H and O–H groups in total. The van der Waals surface area contributed by atoms with Crippen LogP contribution in [0.2, 0.25) is 0 Å². The summed E-state index contributed by atoms with van der Waals surface area (Å²) < 4.78 is 5.59. The number of carbonyl (C=O) groups excluding carboxylic acids is 1. The standard InChI is InChI=1S/C24H16N2O2S2/c25-14-19(24-26-21(16-30-24)23-7-4-12-29-23)13-17-8-10-20(11-9-17)28-15-22(27)18-5-2-1-3-6-18/h1-13,16H,15H2/b19-13+. The summed E-state index contributed by atoms with van der Waals surface area (Å²) in [5.74, 6) is 0.529. The molecular formula is C24H16N2O2S2. The minimum absolute atomic E-state index is 0.0206. The normalized spacial score (nSPS) is 11.1. The van der Waals surface area contributed by atoms with Gasteiger partial charge in [0.2, 0.25) is 0 Å². The van der Waals surface area contributed by atoms with Gasteiger partial charge in [0.15, 0.2) is 12.4 Å². The van der Waals surface area contributed by atoms with Crippen molar-refractivity contribution in [2.45, 2.75) is 0 Å². The number of Topliss-reactive ketones (excluding diaryl/α,β-unsaturated/α-hetero) is 1. The quantitative estimate of drug-likeness (QED) is 0.260. The summed E-state index contributed by atoms with van der Waals surface area (Å²) >= 11 is 3.08. The molecule has 0 aliphatic heterocycles. The van der Waals surface area contributed by atoms with Gasteiger partial charge in [-0.25, -0.2) is 4.98 Å². The van der Waals surface area contributed by atoms with E-state index in [1.54, 1.807) is 41.7 Å². The van der Waals surface area contributed by atoms with Crippen LogP contribution in [-0.4, -0.2) is 17.4 Å². The molecule has 0 aliphatic carbocycles. The molecule has 0 bridgehead atoms. The fourth-order valence-corrected chi connectivity index (χ4v) is 4.31. The molecule has 0 unspecified atom stereocenters. The molecule has 0 saturated heterocycles. The summed E-state index contributed by atoms with van der Waals surface area (Å²) in [6.45, 7) is -0.0206. The molecule has 2 aromatic heterocycles. The maximum Gasteiger partial charge on any atom is 0.200 e. The Balaban J connectivity index is 1.43. The molecule has 0 atom stereocenters. The summed E-state index contributed by atoms with van der Waals surface area (Å²) in [6, 6.07) is 22.6. The number of thiazole rings is 1. The van der Waals surface area contributed by atoms with Crippen molar-refractivity contribution in [2.24, 2.45) is 0 Å². The molecule has 2 aromatic carbocycles. The average molecular weight is 429 g/mol. The Labute approximate surface area is 182 Å². The van der Waals surface area contributed by atoms with Gasteiger partial charge in [-0.3, -0.25) is 4.79 Å². The van der Waals surface area contributed by atoms with Crippen LogP contribution in [0.4, 0.5) is 0 Å². The zero-order chi connectivity index (χ0) is 20.8. The van der Waals surface area contributed by atoms with Crippen molar-refractivity contribution in [3.8, 4) is 22.4 Å². The molecule has 6 heteroatoms. The smallest absolute Gasteiger partial charge is 0.200 e. The first-order chi connectivity index (χ1) is 14.7. The van der Waals surface area contributed by atoms with E-state index in [-0.39, 0.29) is 12.4 Å². The number of nitrogens with zero attached hydrogens (tertiary/aromatic N) is 2. The molecule has 146 valence electrons. The summed E-state index contributed by atoms with van der Waals surface area (Å²) in [5, 5.41) is 14.2. The third-order valence-electron chi connectivity index (χ3n) is 4.29. The fraction of sp³-hybridized carbons (Fsp3) is 0.0417. The van der Waals surface area contributed by atoms with Gasteiger partial charge in [0, 0.05) is 10.9 Å². The maximum absolute atomic E-state index is 12.1. The largest absolute Gasteiger partial charge is 0.485 e. The fourth-order valence-electron chi connectivity index (χ4n) is 2.76. The van der Waals surface area contributed by atoms with E-state index in [0.29, 0.717) is 21.9 Å². The Morgan fingerprint density at radius 2 is 1.83 bits per heavy atom. The van der Waals surface area contributed by atoms with Crippen molar-refractivity contribution in [1.82, 2.24) is 4.98 Å². The minimum Gasteiger partial charge on any atom is -0.485 e. The highest BCUT2D eigenvalue weighted by atomic mass is 32.1. The van der Waals surface area contributed by atoms with Crippen LogP contribution < -0.4 is 4.74 Å². The van der Waals surface area contributed by atoms with E-state index in [1.807, 2.05) is 53.2 Å². The summed E-state index contributed by atoms with van der Waals surface area (Å²) in [7, 11) is 0. The van der Waals surface area contributed by atoms with Crippen LogP contribution in [0.5, 0.6) is 5.75 Å². The van der Waals surface area contributed by atoms with Crippen LogP contribution in [-0.2, 0) is 0 Å². The zero-order valence-electron chi connectivity index (χ0n) is 15.8. The Kier molecular flexibility index (Phi) is 6.14. The Hall–Kier alpha value is -3.53. The lowest BCUT2D eigenvalue weighted by molar-refractivity contribution is 0.0921. The van der Waals surface area contributed by atoms with Crippen LogP contribution in [0.3, 0.4) is 0 Å². The zero-order valence-corrected chi connectivity index (χ0v) is 17.5. The van der Waals surface area contributed by atoms with Crippen LogP contribution in [0.15, 0.2) is 77.5 Å². The average Bonchev–Trinajstić information content (AvgIpc) is 3.49. The molecule has 0 amide bonds. The summed E-state index contributed by atoms with van der Waals surface area (Å²) in [6.07, 6.45) is 1.80. The van der Waals surface area contributed by atoms with Crippen LogP contribution in [0, 0.1) is 11.3 Å². The number of ketones is 1. The van der Waals surface area contributed by atoms with E-state index >= 15 is 0 Å². The van der Waals surface area contributed by atoms with Gasteiger partial charge in [0.05, 0.1) is 16.1 Å². The molecule has 0 aliphatic rings. The van der Waals surface area contributed by atoms with Gasteiger partial charge >= 0.3 is 0 Å². The first-order valence-corrected chi connectivity index (χ1v) is 10.9. The predicted molar refractivity (Wildman–Crippen MR) is 122 cm³/mol. The number of rotatable bonds is 7. The van der Waals surface area contributed by atoms with Crippen LogP contribution >= 0.6 is 22.7 Å². The molecule has 4 rings (SSSR count). The first kappa shape index (κ1) is 19.8. The van der Waals surface area contributed by atoms with E-state index < -0.39 is 0 Å². The van der Waals surface area contributed by atoms with Crippen LogP contribution in [0.1, 0.15) is 20.9 Å². The van der Waals surface area contributed by atoms with Gasteiger partial charge in [-0.15, -0.1) is 22.7 Å². The molecule has 0 spiro atoms. The molecule has 0 saturated carbocycles. The SMILES string of the molecule is N#C/C(=C\c1ccc(OCC(=O)c2ccccc2)cc1)c1nc(-c2cccs2)cs1. The number of allylic oxidation sites excluding steroid dienone is 1. The van der Waals surface area contributed by atoms with Gasteiger partial charge < -0.3 is 4.74 Å². The Bertz CT molecular complexity index is 1200. The van der Waals surface area contributed by atoms with Gasteiger partial charge in [0.1, 0.15) is 16.8 Å². The van der Waals surface area contributed by atoms with Crippen molar-refractivity contribution < 1.29 is 9.53 Å². The number of benzene rings is 2. The second kappa shape index (κ2) is 9.31. The minimum atomic E-state index is -0.0725. The molecule has 30 heavy (non-hydrogen) atoms. The molecule has 4 nitrogen and oxygen atoms in total. The highest BCUT2D eigenvalue weighted by Gasteiger charge is 2.10. The molecule has 4 aromatic rings. The number of aromatic nitrogens is 1. The van der Waals surface area contributed by atoms with Crippen molar-refractivity contribution in [1.29, 1.82) is 5.26 Å².